The van der Waals surface area contributed by atoms with Gasteiger partial charge in [0.05, 0.1) is 4.92 Å². The van der Waals surface area contributed by atoms with E-state index in [1.54, 1.807) is 6.07 Å². The molecule has 0 saturated carbocycles. The maximum absolute atomic E-state index is 11.4. The number of hydrogen-bond donors (Lipinski definition) is 1. The van der Waals surface area contributed by atoms with Gasteiger partial charge >= 0.3 is 0 Å². The lowest BCUT2D eigenvalue weighted by atomic mass is 10.1. The highest BCUT2D eigenvalue weighted by Gasteiger charge is 2.19. The molecule has 1 amide bonds. The summed E-state index contributed by atoms with van der Waals surface area (Å²) in [6.07, 6.45) is 0.901. The van der Waals surface area contributed by atoms with Crippen molar-refractivity contribution in [1.29, 1.82) is 0 Å². The normalized spacial score (nSPS) is 10.8. The van der Waals surface area contributed by atoms with E-state index in [2.05, 4.69) is 23.2 Å². The van der Waals surface area contributed by atoms with Crippen molar-refractivity contribution in [2.24, 2.45) is 5.73 Å². The molecular formula is C20H21N5O3S. The van der Waals surface area contributed by atoms with Gasteiger partial charge in [0.15, 0.2) is 11.0 Å². The molecule has 0 unspecified atom stereocenters. The Morgan fingerprint density at radius 2 is 2.03 bits per heavy atom. The van der Waals surface area contributed by atoms with Gasteiger partial charge in [-0.15, -0.1) is 10.2 Å². The number of nitrogens with zero attached hydrogens (tertiary/aromatic N) is 4. The number of amides is 1. The number of nitro benzene ring substituents is 1. The molecule has 29 heavy (non-hydrogen) atoms. The molecule has 0 fully saturated rings. The van der Waals surface area contributed by atoms with Gasteiger partial charge in [-0.2, -0.15) is 0 Å². The summed E-state index contributed by atoms with van der Waals surface area (Å²) in [5.74, 6) is 0.403. The topological polar surface area (TPSA) is 117 Å². The number of carbonyl (C=O) groups is 1. The van der Waals surface area contributed by atoms with Crippen LogP contribution in [0.4, 0.5) is 5.69 Å². The lowest BCUT2D eigenvalue weighted by molar-refractivity contribution is -0.385. The molecule has 2 N–H and O–H groups in total. The Morgan fingerprint density at radius 1 is 1.24 bits per heavy atom. The van der Waals surface area contributed by atoms with Crippen molar-refractivity contribution in [3.05, 3.63) is 69.3 Å². The number of nitrogens with two attached hydrogens (primary N) is 1. The van der Waals surface area contributed by atoms with Crippen molar-refractivity contribution in [3.63, 3.8) is 0 Å². The van der Waals surface area contributed by atoms with Crippen LogP contribution >= 0.6 is 11.8 Å². The zero-order chi connectivity index (χ0) is 21.0. The van der Waals surface area contributed by atoms with E-state index in [1.165, 1.54) is 23.9 Å². The van der Waals surface area contributed by atoms with Gasteiger partial charge in [-0.3, -0.25) is 14.9 Å². The zero-order valence-electron chi connectivity index (χ0n) is 16.2. The van der Waals surface area contributed by atoms with Crippen molar-refractivity contribution in [1.82, 2.24) is 14.8 Å². The van der Waals surface area contributed by atoms with Crippen LogP contribution in [0, 0.1) is 17.0 Å². The Labute approximate surface area is 172 Å². The number of aryl methyl sites for hydroxylation is 1. The fourth-order valence-corrected chi connectivity index (χ4v) is 3.93. The molecule has 150 valence electrons. The van der Waals surface area contributed by atoms with Gasteiger partial charge in [-0.25, -0.2) is 0 Å². The molecule has 0 aliphatic rings. The molecule has 0 saturated heterocycles. The average Bonchev–Trinajstić information content (AvgIpc) is 3.09. The highest BCUT2D eigenvalue weighted by atomic mass is 32.2. The summed E-state index contributed by atoms with van der Waals surface area (Å²) in [4.78, 5) is 22.2. The molecular weight excluding hydrogens is 390 g/mol. The number of carbonyl (C=O) groups excluding carboxylic acids is 1. The smallest absolute Gasteiger partial charge is 0.274 e. The lowest BCUT2D eigenvalue weighted by Crippen LogP contribution is -2.11. The van der Waals surface area contributed by atoms with E-state index in [-0.39, 0.29) is 11.3 Å². The first kappa shape index (κ1) is 20.5. The van der Waals surface area contributed by atoms with Crippen LogP contribution in [0.5, 0.6) is 0 Å². The number of benzene rings is 2. The monoisotopic (exact) mass is 411 g/mol. The molecule has 0 bridgehead atoms. The van der Waals surface area contributed by atoms with Gasteiger partial charge in [0, 0.05) is 35.1 Å². The third-order valence-electron chi connectivity index (χ3n) is 4.36. The quantitative estimate of drug-likeness (QED) is 0.341. The van der Waals surface area contributed by atoms with Gasteiger partial charge in [-0.1, -0.05) is 48.5 Å². The van der Waals surface area contributed by atoms with Crippen molar-refractivity contribution in [2.75, 3.05) is 0 Å². The second kappa shape index (κ2) is 8.87. The third kappa shape index (κ3) is 4.62. The third-order valence-corrected chi connectivity index (χ3v) is 5.38. The van der Waals surface area contributed by atoms with E-state index in [0.717, 1.165) is 29.9 Å². The number of nitro groups is 1. The first-order valence-electron chi connectivity index (χ1n) is 9.11. The number of thioether (sulfide) groups is 1. The molecule has 2 aromatic carbocycles. The molecule has 1 aromatic heterocycles. The summed E-state index contributed by atoms with van der Waals surface area (Å²) in [6.45, 7) is 4.83. The summed E-state index contributed by atoms with van der Waals surface area (Å²) in [5.41, 5.74) is 7.82. The van der Waals surface area contributed by atoms with E-state index >= 15 is 0 Å². The summed E-state index contributed by atoms with van der Waals surface area (Å²) in [5, 5.41) is 20.8. The highest BCUT2D eigenvalue weighted by molar-refractivity contribution is 7.98. The predicted molar refractivity (Wildman–Crippen MR) is 112 cm³/mol. The van der Waals surface area contributed by atoms with Crippen LogP contribution in [-0.2, 0) is 12.3 Å². The minimum absolute atomic E-state index is 0.112. The molecule has 3 aromatic rings. The second-order valence-electron chi connectivity index (χ2n) is 6.58. The molecule has 9 heteroatoms. The first-order valence-corrected chi connectivity index (χ1v) is 10.1. The molecule has 0 atom stereocenters. The van der Waals surface area contributed by atoms with Gasteiger partial charge in [0.2, 0.25) is 5.91 Å². The minimum Gasteiger partial charge on any atom is -0.366 e. The van der Waals surface area contributed by atoms with Crippen LogP contribution in [0.3, 0.4) is 0 Å². The minimum atomic E-state index is -0.696. The van der Waals surface area contributed by atoms with Crippen LogP contribution in [0.15, 0.2) is 47.6 Å². The summed E-state index contributed by atoms with van der Waals surface area (Å²) in [6, 6.07) is 12.3. The van der Waals surface area contributed by atoms with Crippen molar-refractivity contribution in [3.8, 4) is 11.4 Å². The molecule has 0 radical (unpaired) electrons. The van der Waals surface area contributed by atoms with E-state index in [9.17, 15) is 14.9 Å². The SMILES string of the molecule is CCCn1c(SCc2ccc(C(N)=O)cc2[N+](=O)[O-])nnc1-c1cccc(C)c1. The van der Waals surface area contributed by atoms with Crippen molar-refractivity contribution in [2.45, 2.75) is 37.7 Å². The Kier molecular flexibility index (Phi) is 6.28. The van der Waals surface area contributed by atoms with Crippen molar-refractivity contribution >= 4 is 23.4 Å². The first-order chi connectivity index (χ1) is 13.9. The fraction of sp³-hybridized carbons (Fsp3) is 0.250. The van der Waals surface area contributed by atoms with Crippen LogP contribution in [0.2, 0.25) is 0 Å². The number of hydrogen-bond acceptors (Lipinski definition) is 6. The van der Waals surface area contributed by atoms with Gasteiger partial charge in [0.25, 0.3) is 5.69 Å². The summed E-state index contributed by atoms with van der Waals surface area (Å²) < 4.78 is 2.03. The second-order valence-corrected chi connectivity index (χ2v) is 7.52. The molecule has 1 heterocycles. The van der Waals surface area contributed by atoms with Crippen molar-refractivity contribution < 1.29 is 9.72 Å². The molecule has 0 spiro atoms. The maximum atomic E-state index is 11.4. The molecule has 0 aliphatic heterocycles. The van der Waals surface area contributed by atoms with Crippen LogP contribution in [0.1, 0.15) is 34.8 Å². The van der Waals surface area contributed by atoms with Gasteiger partial charge < -0.3 is 10.3 Å². The largest absolute Gasteiger partial charge is 0.366 e. The number of rotatable bonds is 8. The number of primary amides is 1. The Morgan fingerprint density at radius 3 is 2.69 bits per heavy atom. The zero-order valence-corrected chi connectivity index (χ0v) is 17.0. The van der Waals surface area contributed by atoms with Gasteiger partial charge in [0.1, 0.15) is 0 Å². The maximum Gasteiger partial charge on any atom is 0.274 e. The highest BCUT2D eigenvalue weighted by Crippen LogP contribution is 2.30. The Bertz CT molecular complexity index is 1060. The Balaban J connectivity index is 1.90. The Hall–Kier alpha value is -3.20. The van der Waals surface area contributed by atoms with Crippen LogP contribution in [0.25, 0.3) is 11.4 Å². The van der Waals surface area contributed by atoms with E-state index in [1.807, 2.05) is 29.7 Å². The fourth-order valence-electron chi connectivity index (χ4n) is 2.97. The van der Waals surface area contributed by atoms with E-state index in [4.69, 9.17) is 5.73 Å². The summed E-state index contributed by atoms with van der Waals surface area (Å²) >= 11 is 1.37. The number of aromatic nitrogens is 3. The molecule has 8 nitrogen and oxygen atoms in total. The molecule has 0 aliphatic carbocycles. The predicted octanol–water partition coefficient (Wildman–Crippen LogP) is 3.96. The average molecular weight is 411 g/mol. The summed E-state index contributed by atoms with van der Waals surface area (Å²) in [7, 11) is 0. The van der Waals surface area contributed by atoms with E-state index < -0.39 is 10.8 Å². The van der Waals surface area contributed by atoms with Crippen LogP contribution < -0.4 is 5.73 Å². The lowest BCUT2D eigenvalue weighted by Gasteiger charge is -2.10. The van der Waals surface area contributed by atoms with Gasteiger partial charge in [-0.05, 0) is 25.5 Å². The van der Waals surface area contributed by atoms with Crippen LogP contribution in [-0.4, -0.2) is 25.6 Å². The van der Waals surface area contributed by atoms with E-state index in [0.29, 0.717) is 16.5 Å². The molecule has 3 rings (SSSR count). The standard InChI is InChI=1S/C20H21N5O3S/c1-3-9-24-19(15-6-4-5-13(2)10-15)22-23-20(24)29-12-16-8-7-14(18(21)26)11-17(16)25(27)28/h4-8,10-11H,3,9,12H2,1-2H3,(H2,21,26).